The molecule has 0 saturated carbocycles. The van der Waals surface area contributed by atoms with Crippen LogP contribution in [0.2, 0.25) is 0 Å². The highest BCUT2D eigenvalue weighted by Gasteiger charge is 2.04. The Kier molecular flexibility index (Phi) is 5.04. The molecule has 1 unspecified atom stereocenters. The van der Waals surface area contributed by atoms with E-state index in [9.17, 15) is 4.79 Å². The number of carbonyl (C=O) groups excluding carboxylic acids is 1. The molecule has 0 heterocycles. The van der Waals surface area contributed by atoms with E-state index < -0.39 is 0 Å². The molecule has 0 rings (SSSR count). The third kappa shape index (κ3) is 4.68. The first kappa shape index (κ1) is 10.9. The zero-order valence-corrected chi connectivity index (χ0v) is 7.54. The summed E-state index contributed by atoms with van der Waals surface area (Å²) in [4.78, 5) is 11.0. The predicted molar refractivity (Wildman–Crippen MR) is 48.6 cm³/mol. The van der Waals surface area contributed by atoms with Crippen molar-refractivity contribution in [1.29, 1.82) is 0 Å². The maximum Gasteiger partial charge on any atom is 0.333 e. The molecule has 0 fully saturated rings. The summed E-state index contributed by atoms with van der Waals surface area (Å²) in [6.07, 6.45) is 3.18. The highest BCUT2D eigenvalue weighted by molar-refractivity contribution is 5.87. The van der Waals surface area contributed by atoms with Gasteiger partial charge in [-0.05, 0) is 13.8 Å². The minimum atomic E-state index is -0.341. The maximum atomic E-state index is 11.0. The summed E-state index contributed by atoms with van der Waals surface area (Å²) in [6.45, 7) is 7.14. The lowest BCUT2D eigenvalue weighted by molar-refractivity contribution is -0.137. The standard InChI is InChI=1S/C9H15NO2/c1-4-5-12-9(11)7(2)6-8(3)10/h4,6,8H,1,5,10H2,2-3H3. The van der Waals surface area contributed by atoms with Crippen LogP contribution in [0.4, 0.5) is 0 Å². The normalized spacial score (nSPS) is 13.8. The molecule has 0 aliphatic heterocycles. The molecule has 0 aliphatic carbocycles. The van der Waals surface area contributed by atoms with E-state index in [1.165, 1.54) is 6.08 Å². The van der Waals surface area contributed by atoms with Crippen molar-refractivity contribution >= 4 is 5.97 Å². The Morgan fingerprint density at radius 3 is 2.75 bits per heavy atom. The molecule has 3 nitrogen and oxygen atoms in total. The van der Waals surface area contributed by atoms with Gasteiger partial charge in [0.1, 0.15) is 6.61 Å². The SMILES string of the molecule is C=CCOC(=O)C(C)=CC(C)N. The fourth-order valence-electron chi connectivity index (χ4n) is 0.711. The second-order valence-corrected chi connectivity index (χ2v) is 2.60. The molecule has 0 amide bonds. The quantitative estimate of drug-likeness (QED) is 0.388. The van der Waals surface area contributed by atoms with Gasteiger partial charge in [-0.25, -0.2) is 4.79 Å². The Morgan fingerprint density at radius 2 is 2.33 bits per heavy atom. The van der Waals surface area contributed by atoms with E-state index in [0.29, 0.717) is 5.57 Å². The number of carbonyl (C=O) groups is 1. The first-order valence-electron chi connectivity index (χ1n) is 3.80. The van der Waals surface area contributed by atoms with Gasteiger partial charge in [0.15, 0.2) is 0 Å². The highest BCUT2D eigenvalue weighted by atomic mass is 16.5. The molecule has 1 atom stereocenters. The number of hydrogen-bond acceptors (Lipinski definition) is 3. The van der Waals surface area contributed by atoms with Crippen LogP contribution in [0.3, 0.4) is 0 Å². The van der Waals surface area contributed by atoms with Gasteiger partial charge in [0, 0.05) is 11.6 Å². The summed E-state index contributed by atoms with van der Waals surface area (Å²) >= 11 is 0. The number of rotatable bonds is 4. The minimum Gasteiger partial charge on any atom is -0.458 e. The van der Waals surface area contributed by atoms with Crippen LogP contribution < -0.4 is 5.73 Å². The summed E-state index contributed by atoms with van der Waals surface area (Å²) in [7, 11) is 0. The Labute approximate surface area is 72.9 Å². The van der Waals surface area contributed by atoms with E-state index in [1.54, 1.807) is 19.9 Å². The molecule has 0 aliphatic rings. The largest absolute Gasteiger partial charge is 0.458 e. The van der Waals surface area contributed by atoms with E-state index in [-0.39, 0.29) is 18.6 Å². The molecule has 0 aromatic heterocycles. The van der Waals surface area contributed by atoms with Crippen molar-refractivity contribution in [2.24, 2.45) is 5.73 Å². The van der Waals surface area contributed by atoms with Crippen LogP contribution in [0, 0.1) is 0 Å². The van der Waals surface area contributed by atoms with Crippen molar-refractivity contribution in [3.8, 4) is 0 Å². The molecule has 0 radical (unpaired) electrons. The van der Waals surface area contributed by atoms with Crippen molar-refractivity contribution in [2.75, 3.05) is 6.61 Å². The van der Waals surface area contributed by atoms with E-state index >= 15 is 0 Å². The van der Waals surface area contributed by atoms with Gasteiger partial charge >= 0.3 is 5.97 Å². The second kappa shape index (κ2) is 5.55. The van der Waals surface area contributed by atoms with Crippen LogP contribution in [0.25, 0.3) is 0 Å². The Morgan fingerprint density at radius 1 is 1.75 bits per heavy atom. The van der Waals surface area contributed by atoms with E-state index in [2.05, 4.69) is 6.58 Å². The number of hydrogen-bond donors (Lipinski definition) is 1. The van der Waals surface area contributed by atoms with E-state index in [0.717, 1.165) is 0 Å². The smallest absolute Gasteiger partial charge is 0.333 e. The first-order chi connectivity index (χ1) is 5.57. The molecule has 0 bridgehead atoms. The lowest BCUT2D eigenvalue weighted by atomic mass is 10.2. The molecular weight excluding hydrogens is 154 g/mol. The monoisotopic (exact) mass is 169 g/mol. The molecular formula is C9H15NO2. The van der Waals surface area contributed by atoms with E-state index in [4.69, 9.17) is 10.5 Å². The zero-order chi connectivity index (χ0) is 9.56. The Balaban J connectivity index is 4.00. The van der Waals surface area contributed by atoms with Crippen LogP contribution in [0.5, 0.6) is 0 Å². The summed E-state index contributed by atoms with van der Waals surface area (Å²) in [5, 5.41) is 0. The summed E-state index contributed by atoms with van der Waals surface area (Å²) in [5.41, 5.74) is 5.99. The van der Waals surface area contributed by atoms with Gasteiger partial charge in [-0.2, -0.15) is 0 Å². The Bertz CT molecular complexity index is 195. The second-order valence-electron chi connectivity index (χ2n) is 2.60. The van der Waals surface area contributed by atoms with Gasteiger partial charge in [-0.3, -0.25) is 0 Å². The highest BCUT2D eigenvalue weighted by Crippen LogP contribution is 1.97. The fraction of sp³-hybridized carbons (Fsp3) is 0.444. The molecule has 0 aromatic rings. The minimum absolute atomic E-state index is 0.124. The summed E-state index contributed by atoms with van der Waals surface area (Å²) in [6, 6.07) is -0.124. The van der Waals surface area contributed by atoms with E-state index in [1.807, 2.05) is 0 Å². The van der Waals surface area contributed by atoms with Crippen LogP contribution in [0.15, 0.2) is 24.3 Å². The lowest BCUT2D eigenvalue weighted by Gasteiger charge is -2.02. The van der Waals surface area contributed by atoms with Crippen LogP contribution in [-0.4, -0.2) is 18.6 Å². The average molecular weight is 169 g/mol. The van der Waals surface area contributed by atoms with Crippen molar-refractivity contribution in [2.45, 2.75) is 19.9 Å². The molecule has 68 valence electrons. The van der Waals surface area contributed by atoms with Crippen molar-refractivity contribution in [1.82, 2.24) is 0 Å². The predicted octanol–water partition coefficient (Wildman–Crippen LogP) is 1.01. The van der Waals surface area contributed by atoms with Gasteiger partial charge < -0.3 is 10.5 Å². The molecule has 0 spiro atoms. The van der Waals surface area contributed by atoms with Crippen LogP contribution in [-0.2, 0) is 9.53 Å². The fourth-order valence-corrected chi connectivity index (χ4v) is 0.711. The van der Waals surface area contributed by atoms with Gasteiger partial charge in [-0.1, -0.05) is 18.7 Å². The number of nitrogens with two attached hydrogens (primary N) is 1. The van der Waals surface area contributed by atoms with Crippen LogP contribution in [0.1, 0.15) is 13.8 Å². The lowest BCUT2D eigenvalue weighted by Crippen LogP contribution is -2.14. The molecule has 2 N–H and O–H groups in total. The third-order valence-corrected chi connectivity index (χ3v) is 1.17. The van der Waals surface area contributed by atoms with Crippen molar-refractivity contribution in [3.63, 3.8) is 0 Å². The van der Waals surface area contributed by atoms with Gasteiger partial charge in [0.05, 0.1) is 0 Å². The Hall–Kier alpha value is -1.09. The molecule has 0 saturated heterocycles. The average Bonchev–Trinajstić information content (AvgIpc) is 1.98. The van der Waals surface area contributed by atoms with Crippen molar-refractivity contribution < 1.29 is 9.53 Å². The topological polar surface area (TPSA) is 52.3 Å². The summed E-state index contributed by atoms with van der Waals surface area (Å²) in [5.74, 6) is -0.341. The maximum absolute atomic E-state index is 11.0. The molecule has 0 aromatic carbocycles. The third-order valence-electron chi connectivity index (χ3n) is 1.17. The zero-order valence-electron chi connectivity index (χ0n) is 7.54. The summed E-state index contributed by atoms with van der Waals surface area (Å²) < 4.78 is 4.77. The first-order valence-corrected chi connectivity index (χ1v) is 3.80. The molecule has 3 heteroatoms. The number of ether oxygens (including phenoxy) is 1. The van der Waals surface area contributed by atoms with Gasteiger partial charge in [-0.15, -0.1) is 0 Å². The van der Waals surface area contributed by atoms with Gasteiger partial charge in [0.25, 0.3) is 0 Å². The molecule has 12 heavy (non-hydrogen) atoms. The van der Waals surface area contributed by atoms with Gasteiger partial charge in [0.2, 0.25) is 0 Å². The van der Waals surface area contributed by atoms with Crippen molar-refractivity contribution in [3.05, 3.63) is 24.3 Å². The van der Waals surface area contributed by atoms with Crippen LogP contribution >= 0.6 is 0 Å². The number of esters is 1.